The van der Waals surface area contributed by atoms with Crippen molar-refractivity contribution < 1.29 is 0 Å². The Bertz CT molecular complexity index is 843. The van der Waals surface area contributed by atoms with Crippen LogP contribution in [0.4, 0.5) is 11.6 Å². The average molecular weight is 307 g/mol. The fraction of sp³-hybridized carbons (Fsp3) is 0.250. The number of hydrogen-bond acceptors (Lipinski definition) is 7. The van der Waals surface area contributed by atoms with Gasteiger partial charge in [-0.1, -0.05) is 0 Å². The summed E-state index contributed by atoms with van der Waals surface area (Å²) in [5, 5.41) is 7.84. The number of hydrogen-bond donors (Lipinski definition) is 3. The molecule has 0 aliphatic carbocycles. The van der Waals surface area contributed by atoms with Crippen LogP contribution in [-0.2, 0) is 0 Å². The molecule has 0 radical (unpaired) electrons. The van der Waals surface area contributed by atoms with Crippen LogP contribution < -0.4 is 16.4 Å². The Balaban J connectivity index is 1.82. The smallest absolute Gasteiger partial charge is 0.162 e. The zero-order valence-electron chi connectivity index (χ0n) is 12.5. The highest BCUT2D eigenvalue weighted by Crippen LogP contribution is 2.25. The van der Waals surface area contributed by atoms with E-state index >= 15 is 0 Å². The summed E-state index contributed by atoms with van der Waals surface area (Å²) in [6, 6.07) is 5.94. The number of nitrogens with one attached hydrogen (secondary N) is 2. The number of pyridine rings is 2. The van der Waals surface area contributed by atoms with E-state index in [1.807, 2.05) is 12.1 Å². The molecule has 0 amide bonds. The molecule has 4 N–H and O–H groups in total. The second-order valence-electron chi connectivity index (χ2n) is 5.59. The lowest BCUT2D eigenvalue weighted by atomic mass is 10.2. The molecule has 7 heteroatoms. The van der Waals surface area contributed by atoms with Gasteiger partial charge in [0.15, 0.2) is 5.82 Å². The normalized spacial score (nSPS) is 17.5. The molecule has 1 saturated heterocycles. The zero-order chi connectivity index (χ0) is 15.6. The third kappa shape index (κ3) is 2.78. The van der Waals surface area contributed by atoms with Gasteiger partial charge >= 0.3 is 0 Å². The third-order valence-corrected chi connectivity index (χ3v) is 3.94. The molecule has 0 bridgehead atoms. The summed E-state index contributed by atoms with van der Waals surface area (Å²) in [5.74, 6) is 1.90. The molecule has 7 nitrogen and oxygen atoms in total. The summed E-state index contributed by atoms with van der Waals surface area (Å²) in [4.78, 5) is 17.5. The minimum atomic E-state index is 0.372. The summed E-state index contributed by atoms with van der Waals surface area (Å²) >= 11 is 0. The first-order chi connectivity index (χ1) is 11.3. The molecule has 4 rings (SSSR count). The van der Waals surface area contributed by atoms with Crippen LogP contribution in [0, 0.1) is 0 Å². The second kappa shape index (κ2) is 5.77. The SMILES string of the molecule is Nc1cc(-c2nc(N[C@@H]3CCNC3)c3ccncc3n2)ccn1. The molecule has 1 aliphatic heterocycles. The van der Waals surface area contributed by atoms with Crippen LogP contribution in [0.1, 0.15) is 6.42 Å². The highest BCUT2D eigenvalue weighted by atomic mass is 15.1. The van der Waals surface area contributed by atoms with Crippen molar-refractivity contribution >= 4 is 22.5 Å². The van der Waals surface area contributed by atoms with E-state index in [0.717, 1.165) is 41.8 Å². The largest absolute Gasteiger partial charge is 0.384 e. The molecule has 3 aromatic heterocycles. The quantitative estimate of drug-likeness (QED) is 0.673. The first kappa shape index (κ1) is 13.8. The van der Waals surface area contributed by atoms with Gasteiger partial charge < -0.3 is 16.4 Å². The van der Waals surface area contributed by atoms with Crippen LogP contribution >= 0.6 is 0 Å². The average Bonchev–Trinajstić information content (AvgIpc) is 3.08. The predicted molar refractivity (Wildman–Crippen MR) is 89.9 cm³/mol. The van der Waals surface area contributed by atoms with E-state index in [1.54, 1.807) is 24.7 Å². The molecule has 0 aromatic carbocycles. The highest BCUT2D eigenvalue weighted by Gasteiger charge is 2.17. The van der Waals surface area contributed by atoms with Gasteiger partial charge in [0.25, 0.3) is 0 Å². The van der Waals surface area contributed by atoms with Crippen molar-refractivity contribution in [2.24, 2.45) is 0 Å². The molecular weight excluding hydrogens is 290 g/mol. The molecular formula is C16H17N7. The number of nitrogens with zero attached hydrogens (tertiary/aromatic N) is 4. The van der Waals surface area contributed by atoms with Crippen molar-refractivity contribution in [2.75, 3.05) is 24.1 Å². The number of anilines is 2. The van der Waals surface area contributed by atoms with Crippen LogP contribution in [0.5, 0.6) is 0 Å². The Labute approximate surface area is 133 Å². The molecule has 3 aromatic rings. The van der Waals surface area contributed by atoms with E-state index in [1.165, 1.54) is 0 Å². The zero-order valence-corrected chi connectivity index (χ0v) is 12.5. The molecule has 0 saturated carbocycles. The maximum atomic E-state index is 5.78. The van der Waals surface area contributed by atoms with E-state index < -0.39 is 0 Å². The number of fused-ring (bicyclic) bond motifs is 1. The van der Waals surface area contributed by atoms with Crippen LogP contribution in [0.15, 0.2) is 36.8 Å². The first-order valence-corrected chi connectivity index (χ1v) is 7.60. The minimum Gasteiger partial charge on any atom is -0.384 e. The maximum absolute atomic E-state index is 5.78. The Kier molecular flexibility index (Phi) is 3.47. The van der Waals surface area contributed by atoms with Crippen LogP contribution in [0.25, 0.3) is 22.3 Å². The molecule has 1 aliphatic rings. The van der Waals surface area contributed by atoms with Crippen molar-refractivity contribution in [3.63, 3.8) is 0 Å². The number of aromatic nitrogens is 4. The monoisotopic (exact) mass is 307 g/mol. The number of rotatable bonds is 3. The van der Waals surface area contributed by atoms with Gasteiger partial charge in [-0.3, -0.25) is 4.98 Å². The van der Waals surface area contributed by atoms with Gasteiger partial charge in [-0.25, -0.2) is 15.0 Å². The lowest BCUT2D eigenvalue weighted by molar-refractivity contribution is 0.789. The summed E-state index contributed by atoms with van der Waals surface area (Å²) in [6.07, 6.45) is 6.25. The van der Waals surface area contributed by atoms with Crippen molar-refractivity contribution in [1.82, 2.24) is 25.3 Å². The minimum absolute atomic E-state index is 0.372. The van der Waals surface area contributed by atoms with E-state index in [2.05, 4.69) is 25.6 Å². The van der Waals surface area contributed by atoms with Gasteiger partial charge in [0.05, 0.1) is 11.7 Å². The highest BCUT2D eigenvalue weighted by molar-refractivity contribution is 5.90. The third-order valence-electron chi connectivity index (χ3n) is 3.94. The van der Waals surface area contributed by atoms with Crippen molar-refractivity contribution in [3.8, 4) is 11.4 Å². The Hall–Kier alpha value is -2.80. The van der Waals surface area contributed by atoms with E-state index in [4.69, 9.17) is 10.7 Å². The fourth-order valence-electron chi connectivity index (χ4n) is 2.78. The molecule has 23 heavy (non-hydrogen) atoms. The molecule has 1 fully saturated rings. The van der Waals surface area contributed by atoms with Gasteiger partial charge in [0, 0.05) is 35.9 Å². The predicted octanol–water partition coefficient (Wildman–Crippen LogP) is 1.44. The first-order valence-electron chi connectivity index (χ1n) is 7.60. The lowest BCUT2D eigenvalue weighted by Crippen LogP contribution is -2.23. The molecule has 0 unspecified atom stereocenters. The second-order valence-corrected chi connectivity index (χ2v) is 5.59. The number of nitrogens with two attached hydrogens (primary N) is 1. The van der Waals surface area contributed by atoms with Crippen LogP contribution in [-0.4, -0.2) is 39.1 Å². The van der Waals surface area contributed by atoms with E-state index in [9.17, 15) is 0 Å². The summed E-state index contributed by atoms with van der Waals surface area (Å²) < 4.78 is 0. The molecule has 4 heterocycles. The fourth-order valence-corrected chi connectivity index (χ4v) is 2.78. The molecule has 0 spiro atoms. The Morgan fingerprint density at radius 1 is 1.22 bits per heavy atom. The lowest BCUT2D eigenvalue weighted by Gasteiger charge is -2.15. The van der Waals surface area contributed by atoms with E-state index in [-0.39, 0.29) is 0 Å². The Morgan fingerprint density at radius 2 is 2.17 bits per heavy atom. The molecule has 1 atom stereocenters. The molecule has 116 valence electrons. The van der Waals surface area contributed by atoms with Crippen molar-refractivity contribution in [2.45, 2.75) is 12.5 Å². The van der Waals surface area contributed by atoms with E-state index in [0.29, 0.717) is 17.7 Å². The maximum Gasteiger partial charge on any atom is 0.162 e. The standard InChI is InChI=1S/C16H17N7/c17-14-7-10(1-6-20-14)15-22-13-9-19-5-3-12(13)16(23-15)21-11-2-4-18-8-11/h1,3,5-7,9,11,18H,2,4,8H2,(H2,17,20)(H,21,22,23)/t11-/m1/s1. The van der Waals surface area contributed by atoms with Crippen molar-refractivity contribution in [1.29, 1.82) is 0 Å². The van der Waals surface area contributed by atoms with Gasteiger partial charge in [-0.05, 0) is 31.2 Å². The van der Waals surface area contributed by atoms with Crippen LogP contribution in [0.3, 0.4) is 0 Å². The van der Waals surface area contributed by atoms with Gasteiger partial charge in [-0.15, -0.1) is 0 Å². The summed E-state index contributed by atoms with van der Waals surface area (Å²) in [5.41, 5.74) is 7.43. The summed E-state index contributed by atoms with van der Waals surface area (Å²) in [7, 11) is 0. The Morgan fingerprint density at radius 3 is 3.00 bits per heavy atom. The van der Waals surface area contributed by atoms with Gasteiger partial charge in [-0.2, -0.15) is 0 Å². The van der Waals surface area contributed by atoms with Crippen molar-refractivity contribution in [3.05, 3.63) is 36.8 Å². The number of nitrogen functional groups attached to an aromatic ring is 1. The van der Waals surface area contributed by atoms with Gasteiger partial charge in [0.2, 0.25) is 0 Å². The summed E-state index contributed by atoms with van der Waals surface area (Å²) in [6.45, 7) is 1.96. The van der Waals surface area contributed by atoms with Crippen LogP contribution in [0.2, 0.25) is 0 Å². The van der Waals surface area contributed by atoms with Gasteiger partial charge in [0.1, 0.15) is 11.6 Å². The topological polar surface area (TPSA) is 102 Å².